The van der Waals surface area contributed by atoms with E-state index in [-0.39, 0.29) is 0 Å². The Hall–Kier alpha value is -2.85. The molecule has 0 fully saturated rings. The third kappa shape index (κ3) is 3.49. The minimum atomic E-state index is 0.650. The van der Waals surface area contributed by atoms with Crippen LogP contribution in [0, 0.1) is 0 Å². The molecule has 0 unspecified atom stereocenters. The van der Waals surface area contributed by atoms with Crippen molar-refractivity contribution >= 4 is 23.1 Å². The number of hydrogen-bond donors (Lipinski definition) is 1. The number of hydrogen-bond acceptors (Lipinski definition) is 4. The second-order valence-electron chi connectivity index (χ2n) is 5.70. The van der Waals surface area contributed by atoms with E-state index < -0.39 is 0 Å². The molecule has 0 saturated carbocycles. The Kier molecular flexibility index (Phi) is 4.36. The number of para-hydroxylation sites is 2. The maximum atomic E-state index is 6.19. The largest absolute Gasteiger partial charge is 0.454 e. The fourth-order valence-corrected chi connectivity index (χ4v) is 2.89. The van der Waals surface area contributed by atoms with Crippen LogP contribution in [0.1, 0.15) is 11.1 Å². The molecule has 1 aliphatic heterocycles. The molecule has 5 heteroatoms. The Morgan fingerprint density at radius 1 is 0.960 bits per heavy atom. The highest BCUT2D eigenvalue weighted by Gasteiger charge is 2.18. The van der Waals surface area contributed by atoms with Crippen molar-refractivity contribution in [3.63, 3.8) is 0 Å². The van der Waals surface area contributed by atoms with Gasteiger partial charge in [-0.05, 0) is 54.4 Å². The molecule has 0 saturated heterocycles. The molecule has 124 valence electrons. The van der Waals surface area contributed by atoms with Crippen molar-refractivity contribution in [2.75, 3.05) is 6.54 Å². The first-order valence-corrected chi connectivity index (χ1v) is 8.46. The molecular formula is C20H16ClN3O. The molecule has 0 amide bonds. The Morgan fingerprint density at radius 2 is 1.80 bits per heavy atom. The summed E-state index contributed by atoms with van der Waals surface area (Å²) in [5.74, 6) is 2.23. The summed E-state index contributed by atoms with van der Waals surface area (Å²) < 4.78 is 6.03. The van der Waals surface area contributed by atoms with E-state index in [0.29, 0.717) is 5.02 Å². The number of pyridine rings is 1. The maximum Gasteiger partial charge on any atom is 0.153 e. The number of halogens is 1. The molecule has 3 aromatic rings. The van der Waals surface area contributed by atoms with Crippen LogP contribution in [0.5, 0.6) is 11.5 Å². The maximum absolute atomic E-state index is 6.19. The summed E-state index contributed by atoms with van der Waals surface area (Å²) in [7, 11) is 0. The molecular weight excluding hydrogens is 334 g/mol. The summed E-state index contributed by atoms with van der Waals surface area (Å²) in [5.41, 5.74) is 2.87. The van der Waals surface area contributed by atoms with Gasteiger partial charge < -0.3 is 10.1 Å². The zero-order chi connectivity index (χ0) is 17.1. The molecule has 1 N–H and O–H groups in total. The number of ether oxygens (including phenoxy) is 1. The third-order valence-corrected chi connectivity index (χ3v) is 4.20. The first-order chi connectivity index (χ1) is 12.3. The Balaban J connectivity index is 1.64. The zero-order valence-electron chi connectivity index (χ0n) is 13.4. The molecule has 1 aromatic heterocycles. The topological polar surface area (TPSA) is 46.5 Å². The van der Waals surface area contributed by atoms with E-state index in [1.165, 1.54) is 5.56 Å². The van der Waals surface area contributed by atoms with Crippen LogP contribution < -0.4 is 10.1 Å². The zero-order valence-corrected chi connectivity index (χ0v) is 14.2. The van der Waals surface area contributed by atoms with Gasteiger partial charge in [0.05, 0.1) is 5.56 Å². The summed E-state index contributed by atoms with van der Waals surface area (Å²) in [4.78, 5) is 8.81. The van der Waals surface area contributed by atoms with Gasteiger partial charge >= 0.3 is 0 Å². The van der Waals surface area contributed by atoms with Crippen LogP contribution >= 0.6 is 11.6 Å². The van der Waals surface area contributed by atoms with E-state index >= 15 is 0 Å². The predicted octanol–water partition coefficient (Wildman–Crippen LogP) is 4.75. The molecule has 0 atom stereocenters. The van der Waals surface area contributed by atoms with Gasteiger partial charge in [-0.2, -0.15) is 0 Å². The summed E-state index contributed by atoms with van der Waals surface area (Å²) in [6.45, 7) is 0.747. The van der Waals surface area contributed by atoms with E-state index in [0.717, 1.165) is 41.6 Å². The first kappa shape index (κ1) is 15.7. The van der Waals surface area contributed by atoms with E-state index in [2.05, 4.69) is 10.3 Å². The number of nitrogens with zero attached hydrogens (tertiary/aromatic N) is 2. The van der Waals surface area contributed by atoms with E-state index in [1.54, 1.807) is 12.4 Å². The van der Waals surface area contributed by atoms with Crippen LogP contribution in [0.2, 0.25) is 5.02 Å². The minimum Gasteiger partial charge on any atom is -0.454 e. The number of rotatable bonds is 3. The summed E-state index contributed by atoms with van der Waals surface area (Å²) in [6, 6.07) is 17.3. The fourth-order valence-electron chi connectivity index (χ4n) is 2.72. The molecule has 0 aliphatic carbocycles. The highest BCUT2D eigenvalue weighted by atomic mass is 35.5. The number of fused-ring (bicyclic) bond motifs is 2. The van der Waals surface area contributed by atoms with Gasteiger partial charge in [0, 0.05) is 24.0 Å². The average molecular weight is 350 g/mol. The van der Waals surface area contributed by atoms with Crippen molar-refractivity contribution < 1.29 is 4.74 Å². The van der Waals surface area contributed by atoms with Gasteiger partial charge in [0.2, 0.25) is 0 Å². The SMILES string of the molecule is Clc1ccc2c(c1)C(NCCc1ccncc1)=Nc1ccccc1O2. The molecule has 4 nitrogen and oxygen atoms in total. The summed E-state index contributed by atoms with van der Waals surface area (Å²) in [6.07, 6.45) is 4.48. The van der Waals surface area contributed by atoms with Crippen molar-refractivity contribution in [3.05, 3.63) is 83.1 Å². The second kappa shape index (κ2) is 6.95. The predicted molar refractivity (Wildman–Crippen MR) is 100 cm³/mol. The van der Waals surface area contributed by atoms with Crippen LogP contribution in [-0.2, 0) is 6.42 Å². The number of aromatic nitrogens is 1. The normalized spacial score (nSPS) is 12.3. The van der Waals surface area contributed by atoms with E-state index in [1.807, 2.05) is 54.6 Å². The number of aliphatic imine (C=N–C) groups is 1. The van der Waals surface area contributed by atoms with Gasteiger partial charge in [-0.3, -0.25) is 4.98 Å². The van der Waals surface area contributed by atoms with Gasteiger partial charge in [-0.15, -0.1) is 0 Å². The van der Waals surface area contributed by atoms with E-state index in [9.17, 15) is 0 Å². The highest BCUT2D eigenvalue weighted by Crippen LogP contribution is 2.37. The summed E-state index contributed by atoms with van der Waals surface area (Å²) in [5, 5.41) is 4.08. The Bertz CT molecular complexity index is 925. The van der Waals surface area contributed by atoms with Crippen LogP contribution in [0.4, 0.5) is 5.69 Å². The molecule has 1 aliphatic rings. The van der Waals surface area contributed by atoms with Gasteiger partial charge in [0.1, 0.15) is 17.3 Å². The highest BCUT2D eigenvalue weighted by molar-refractivity contribution is 6.31. The lowest BCUT2D eigenvalue weighted by Gasteiger charge is -2.12. The smallest absolute Gasteiger partial charge is 0.153 e. The Morgan fingerprint density at radius 3 is 2.68 bits per heavy atom. The van der Waals surface area contributed by atoms with Crippen LogP contribution in [0.15, 0.2) is 72.0 Å². The lowest BCUT2D eigenvalue weighted by molar-refractivity contribution is 0.484. The molecule has 4 rings (SSSR count). The van der Waals surface area contributed by atoms with Gasteiger partial charge in [-0.25, -0.2) is 4.99 Å². The number of nitrogens with one attached hydrogen (secondary N) is 1. The lowest BCUT2D eigenvalue weighted by Crippen LogP contribution is -2.26. The van der Waals surface area contributed by atoms with Gasteiger partial charge in [0.25, 0.3) is 0 Å². The standard InChI is InChI=1S/C20H16ClN3O/c21-15-5-6-18-16(13-15)20(23-12-9-14-7-10-22-11-8-14)24-17-3-1-2-4-19(17)25-18/h1-8,10-11,13H,9,12H2,(H,23,24). The third-order valence-electron chi connectivity index (χ3n) is 3.97. The molecule has 2 aromatic carbocycles. The molecule has 0 spiro atoms. The molecule has 25 heavy (non-hydrogen) atoms. The Labute approximate surface area is 151 Å². The average Bonchev–Trinajstić information content (AvgIpc) is 2.79. The van der Waals surface area contributed by atoms with Gasteiger partial charge in [-0.1, -0.05) is 23.7 Å². The molecule has 0 bridgehead atoms. The number of amidine groups is 1. The van der Waals surface area contributed by atoms with Crippen molar-refractivity contribution in [1.29, 1.82) is 0 Å². The number of benzene rings is 2. The molecule has 0 radical (unpaired) electrons. The van der Waals surface area contributed by atoms with Crippen molar-refractivity contribution in [3.8, 4) is 11.5 Å². The van der Waals surface area contributed by atoms with E-state index in [4.69, 9.17) is 21.3 Å². The van der Waals surface area contributed by atoms with Crippen molar-refractivity contribution in [1.82, 2.24) is 10.3 Å². The van der Waals surface area contributed by atoms with Crippen molar-refractivity contribution in [2.24, 2.45) is 4.99 Å². The first-order valence-electron chi connectivity index (χ1n) is 8.08. The summed E-state index contributed by atoms with van der Waals surface area (Å²) >= 11 is 6.19. The van der Waals surface area contributed by atoms with Crippen LogP contribution in [0.3, 0.4) is 0 Å². The fraction of sp³-hybridized carbons (Fsp3) is 0.100. The van der Waals surface area contributed by atoms with Gasteiger partial charge in [0.15, 0.2) is 5.75 Å². The lowest BCUT2D eigenvalue weighted by atomic mass is 10.1. The van der Waals surface area contributed by atoms with Crippen LogP contribution in [0.25, 0.3) is 0 Å². The molecule has 2 heterocycles. The van der Waals surface area contributed by atoms with Crippen LogP contribution in [-0.4, -0.2) is 17.4 Å². The minimum absolute atomic E-state index is 0.650. The monoisotopic (exact) mass is 349 g/mol. The quantitative estimate of drug-likeness (QED) is 0.742. The van der Waals surface area contributed by atoms with Crippen molar-refractivity contribution in [2.45, 2.75) is 6.42 Å². The second-order valence-corrected chi connectivity index (χ2v) is 6.14.